The Morgan fingerprint density at radius 3 is 3.17 bits per heavy atom. The second-order valence-corrected chi connectivity index (χ2v) is 6.44. The minimum Gasteiger partial charge on any atom is -0.316 e. The Hall–Kier alpha value is -1.19. The number of rotatable bonds is 2. The highest BCUT2D eigenvalue weighted by atomic mass is 32.1. The third-order valence-electron chi connectivity index (χ3n) is 3.99. The van der Waals surface area contributed by atoms with E-state index in [4.69, 9.17) is 4.98 Å². The van der Waals surface area contributed by atoms with Crippen LogP contribution in [0.4, 0.5) is 0 Å². The number of hydrogen-bond acceptors (Lipinski definition) is 3. The Balaban J connectivity index is 1.63. The second-order valence-electron chi connectivity index (χ2n) is 5.28. The first-order valence-electron chi connectivity index (χ1n) is 6.68. The molecule has 0 spiro atoms. The van der Waals surface area contributed by atoms with Crippen LogP contribution >= 0.6 is 11.3 Å². The van der Waals surface area contributed by atoms with E-state index < -0.39 is 0 Å². The average molecular weight is 256 g/mol. The van der Waals surface area contributed by atoms with Crippen LogP contribution in [0.3, 0.4) is 0 Å². The van der Waals surface area contributed by atoms with Crippen molar-refractivity contribution in [3.8, 4) is 11.3 Å². The molecule has 1 aromatic heterocycles. The maximum absolute atomic E-state index is 4.89. The number of fused-ring (bicyclic) bond motifs is 3. The molecule has 0 amide bonds. The molecule has 1 unspecified atom stereocenters. The van der Waals surface area contributed by atoms with E-state index in [-0.39, 0.29) is 0 Å². The standard InChI is InChI=1S/C15H16N2S/c1-2-4-12-11(3-1)8-13-15(12)17-14(18-13)7-10-5-6-16-9-10/h1-4,10,16H,5-9H2. The summed E-state index contributed by atoms with van der Waals surface area (Å²) in [5.74, 6) is 0.798. The van der Waals surface area contributed by atoms with E-state index in [0.717, 1.165) is 18.8 Å². The number of aromatic nitrogens is 1. The van der Waals surface area contributed by atoms with E-state index in [2.05, 4.69) is 29.6 Å². The number of hydrogen-bond donors (Lipinski definition) is 1. The van der Waals surface area contributed by atoms with Gasteiger partial charge >= 0.3 is 0 Å². The summed E-state index contributed by atoms with van der Waals surface area (Å²) in [5.41, 5.74) is 4.07. The maximum atomic E-state index is 4.89. The first kappa shape index (κ1) is 10.7. The maximum Gasteiger partial charge on any atom is 0.0938 e. The lowest BCUT2D eigenvalue weighted by molar-refractivity contribution is 0.578. The van der Waals surface area contributed by atoms with Crippen LogP contribution in [0.1, 0.15) is 21.9 Å². The predicted octanol–water partition coefficient (Wildman–Crippen LogP) is 2.87. The van der Waals surface area contributed by atoms with Crippen molar-refractivity contribution in [2.24, 2.45) is 5.92 Å². The number of nitrogens with zero attached hydrogens (tertiary/aromatic N) is 1. The fraction of sp³-hybridized carbons (Fsp3) is 0.400. The lowest BCUT2D eigenvalue weighted by atomic mass is 10.1. The number of benzene rings is 1. The van der Waals surface area contributed by atoms with Crippen molar-refractivity contribution in [2.75, 3.05) is 13.1 Å². The van der Waals surface area contributed by atoms with E-state index >= 15 is 0 Å². The summed E-state index contributed by atoms with van der Waals surface area (Å²) in [6, 6.07) is 8.68. The van der Waals surface area contributed by atoms with Crippen LogP contribution in [0.15, 0.2) is 24.3 Å². The third-order valence-corrected chi connectivity index (χ3v) is 5.07. The first-order chi connectivity index (χ1) is 8.90. The lowest BCUT2D eigenvalue weighted by Crippen LogP contribution is -2.10. The summed E-state index contributed by atoms with van der Waals surface area (Å²) in [4.78, 5) is 6.36. The van der Waals surface area contributed by atoms with Crippen LogP contribution in [0, 0.1) is 5.92 Å². The van der Waals surface area contributed by atoms with Crippen LogP contribution in [0.2, 0.25) is 0 Å². The van der Waals surface area contributed by atoms with Gasteiger partial charge in [-0.05, 0) is 31.0 Å². The van der Waals surface area contributed by atoms with Gasteiger partial charge in [0.15, 0.2) is 0 Å². The number of thiazole rings is 1. The molecular formula is C15H16N2S. The predicted molar refractivity (Wildman–Crippen MR) is 75.0 cm³/mol. The van der Waals surface area contributed by atoms with Gasteiger partial charge in [-0.1, -0.05) is 24.3 Å². The average Bonchev–Trinajstić information content (AvgIpc) is 3.05. The van der Waals surface area contributed by atoms with Gasteiger partial charge in [0.25, 0.3) is 0 Å². The molecule has 4 rings (SSSR count). The van der Waals surface area contributed by atoms with Crippen molar-refractivity contribution in [2.45, 2.75) is 19.3 Å². The Bertz CT molecular complexity index is 582. The van der Waals surface area contributed by atoms with Gasteiger partial charge in [-0.25, -0.2) is 4.98 Å². The summed E-state index contributed by atoms with van der Waals surface area (Å²) < 4.78 is 0. The molecule has 1 atom stereocenters. The van der Waals surface area contributed by atoms with E-state index in [9.17, 15) is 0 Å². The van der Waals surface area contributed by atoms with Crippen molar-refractivity contribution in [1.29, 1.82) is 0 Å². The van der Waals surface area contributed by atoms with E-state index in [1.165, 1.54) is 46.2 Å². The molecule has 2 nitrogen and oxygen atoms in total. The fourth-order valence-electron chi connectivity index (χ4n) is 3.03. The van der Waals surface area contributed by atoms with E-state index in [1.54, 1.807) is 0 Å². The summed E-state index contributed by atoms with van der Waals surface area (Å²) in [7, 11) is 0. The molecule has 0 saturated carbocycles. The molecule has 0 radical (unpaired) electrons. The van der Waals surface area contributed by atoms with Crippen LogP contribution in [-0.2, 0) is 12.8 Å². The molecule has 0 bridgehead atoms. The molecule has 1 aliphatic heterocycles. The number of nitrogens with one attached hydrogen (secondary N) is 1. The van der Waals surface area contributed by atoms with Gasteiger partial charge in [0, 0.05) is 23.3 Å². The SMILES string of the molecule is c1ccc2c(c1)Cc1sc(CC3CCNC3)nc1-2. The molecule has 1 fully saturated rings. The molecule has 2 aromatic rings. The Morgan fingerprint density at radius 1 is 1.33 bits per heavy atom. The molecule has 1 aliphatic carbocycles. The van der Waals surface area contributed by atoms with Gasteiger partial charge < -0.3 is 5.32 Å². The minimum absolute atomic E-state index is 0.798. The largest absolute Gasteiger partial charge is 0.316 e. The molecule has 1 aromatic carbocycles. The highest BCUT2D eigenvalue weighted by Gasteiger charge is 2.24. The van der Waals surface area contributed by atoms with Gasteiger partial charge in [0.05, 0.1) is 10.7 Å². The Morgan fingerprint density at radius 2 is 2.28 bits per heavy atom. The van der Waals surface area contributed by atoms with Crippen LogP contribution in [0.5, 0.6) is 0 Å². The Labute approximate surface area is 111 Å². The van der Waals surface area contributed by atoms with Crippen molar-refractivity contribution in [3.05, 3.63) is 39.7 Å². The minimum atomic E-state index is 0.798. The van der Waals surface area contributed by atoms with Crippen LogP contribution in [0.25, 0.3) is 11.3 Å². The zero-order chi connectivity index (χ0) is 11.9. The van der Waals surface area contributed by atoms with Crippen LogP contribution in [-0.4, -0.2) is 18.1 Å². The smallest absolute Gasteiger partial charge is 0.0938 e. The van der Waals surface area contributed by atoms with Crippen molar-refractivity contribution in [1.82, 2.24) is 10.3 Å². The van der Waals surface area contributed by atoms with Crippen molar-refractivity contribution >= 4 is 11.3 Å². The molecule has 2 heterocycles. The van der Waals surface area contributed by atoms with Gasteiger partial charge in [-0.3, -0.25) is 0 Å². The zero-order valence-electron chi connectivity index (χ0n) is 10.3. The Kier molecular flexibility index (Phi) is 2.49. The lowest BCUT2D eigenvalue weighted by Gasteiger charge is -2.04. The van der Waals surface area contributed by atoms with Gasteiger partial charge in [-0.15, -0.1) is 11.3 Å². The van der Waals surface area contributed by atoms with Crippen LogP contribution < -0.4 is 5.32 Å². The van der Waals surface area contributed by atoms with Crippen molar-refractivity contribution in [3.63, 3.8) is 0 Å². The molecule has 1 saturated heterocycles. The monoisotopic (exact) mass is 256 g/mol. The zero-order valence-corrected chi connectivity index (χ0v) is 11.1. The molecule has 1 N–H and O–H groups in total. The molecular weight excluding hydrogens is 240 g/mol. The highest BCUT2D eigenvalue weighted by molar-refractivity contribution is 7.12. The first-order valence-corrected chi connectivity index (χ1v) is 7.49. The van der Waals surface area contributed by atoms with Crippen molar-refractivity contribution < 1.29 is 0 Å². The molecule has 18 heavy (non-hydrogen) atoms. The normalized spacial score (nSPS) is 21.0. The molecule has 3 heteroatoms. The van der Waals surface area contributed by atoms with E-state index in [1.807, 2.05) is 11.3 Å². The van der Waals surface area contributed by atoms with E-state index in [0.29, 0.717) is 0 Å². The van der Waals surface area contributed by atoms with Gasteiger partial charge in [-0.2, -0.15) is 0 Å². The summed E-state index contributed by atoms with van der Waals surface area (Å²) in [6.07, 6.45) is 3.56. The summed E-state index contributed by atoms with van der Waals surface area (Å²) >= 11 is 1.93. The van der Waals surface area contributed by atoms with Gasteiger partial charge in [0.2, 0.25) is 0 Å². The third kappa shape index (κ3) is 1.70. The fourth-order valence-corrected chi connectivity index (χ4v) is 4.25. The molecule has 92 valence electrons. The second kappa shape index (κ2) is 4.18. The highest BCUT2D eigenvalue weighted by Crippen LogP contribution is 2.39. The summed E-state index contributed by atoms with van der Waals surface area (Å²) in [5, 5.41) is 4.77. The van der Waals surface area contributed by atoms with Gasteiger partial charge in [0.1, 0.15) is 0 Å². The topological polar surface area (TPSA) is 24.9 Å². The quantitative estimate of drug-likeness (QED) is 0.762. The summed E-state index contributed by atoms with van der Waals surface area (Å²) in [6.45, 7) is 2.35. The molecule has 2 aliphatic rings.